The van der Waals surface area contributed by atoms with Gasteiger partial charge in [-0.1, -0.05) is 6.92 Å². The van der Waals surface area contributed by atoms with Crippen molar-refractivity contribution < 1.29 is 9.84 Å². The van der Waals surface area contributed by atoms with Crippen molar-refractivity contribution in [1.29, 1.82) is 0 Å². The molecule has 1 heterocycles. The predicted octanol–water partition coefficient (Wildman–Crippen LogP) is 0.443. The van der Waals surface area contributed by atoms with Crippen molar-refractivity contribution in [1.82, 2.24) is 4.90 Å². The van der Waals surface area contributed by atoms with Crippen LogP contribution < -0.4 is 5.73 Å². The van der Waals surface area contributed by atoms with E-state index in [4.69, 9.17) is 10.5 Å². The second-order valence-corrected chi connectivity index (χ2v) is 4.87. The summed E-state index contributed by atoms with van der Waals surface area (Å²) in [6, 6.07) is 0.413. The molecule has 0 spiro atoms. The number of ether oxygens (including phenoxy) is 1. The van der Waals surface area contributed by atoms with E-state index in [1.54, 1.807) is 7.11 Å². The Morgan fingerprint density at radius 2 is 2.31 bits per heavy atom. The molecular weight excluding hydrogens is 204 g/mol. The van der Waals surface area contributed by atoms with Crippen LogP contribution in [0.25, 0.3) is 0 Å². The maximum Gasteiger partial charge on any atom is 0.0693 e. The van der Waals surface area contributed by atoms with Crippen molar-refractivity contribution >= 4 is 0 Å². The summed E-state index contributed by atoms with van der Waals surface area (Å²) >= 11 is 0. The van der Waals surface area contributed by atoms with Crippen LogP contribution in [0.15, 0.2) is 0 Å². The van der Waals surface area contributed by atoms with Gasteiger partial charge >= 0.3 is 0 Å². The van der Waals surface area contributed by atoms with Gasteiger partial charge < -0.3 is 15.6 Å². The summed E-state index contributed by atoms with van der Waals surface area (Å²) in [4.78, 5) is 2.35. The molecular formula is C12H26N2O2. The van der Waals surface area contributed by atoms with Crippen LogP contribution in [0.4, 0.5) is 0 Å². The smallest absolute Gasteiger partial charge is 0.0693 e. The third-order valence-electron chi connectivity index (χ3n) is 3.57. The molecule has 3 unspecified atom stereocenters. The standard InChI is InChI=1S/C12H26N2O2/c1-10-5-7-14(8-12(10)15)11(9-16-2)4-3-6-13/h10-12,15H,3-9,13H2,1-2H3. The van der Waals surface area contributed by atoms with Crippen molar-refractivity contribution in [3.05, 3.63) is 0 Å². The average molecular weight is 230 g/mol. The molecule has 0 aromatic heterocycles. The maximum absolute atomic E-state index is 9.88. The lowest BCUT2D eigenvalue weighted by Gasteiger charge is -2.39. The number of aliphatic hydroxyl groups excluding tert-OH is 1. The average Bonchev–Trinajstić information content (AvgIpc) is 2.28. The number of hydrogen-bond acceptors (Lipinski definition) is 4. The second kappa shape index (κ2) is 7.22. The third-order valence-corrected chi connectivity index (χ3v) is 3.57. The van der Waals surface area contributed by atoms with E-state index < -0.39 is 0 Å². The lowest BCUT2D eigenvalue weighted by Crippen LogP contribution is -2.49. The number of nitrogens with two attached hydrogens (primary N) is 1. The number of piperidine rings is 1. The molecule has 0 aromatic rings. The Bertz CT molecular complexity index is 188. The molecule has 96 valence electrons. The fraction of sp³-hybridized carbons (Fsp3) is 1.00. The van der Waals surface area contributed by atoms with Gasteiger partial charge in [0.05, 0.1) is 12.7 Å². The Morgan fingerprint density at radius 1 is 1.56 bits per heavy atom. The quantitative estimate of drug-likeness (QED) is 0.695. The summed E-state index contributed by atoms with van der Waals surface area (Å²) in [6.07, 6.45) is 2.97. The van der Waals surface area contributed by atoms with E-state index in [-0.39, 0.29) is 6.10 Å². The molecule has 4 heteroatoms. The molecule has 3 N–H and O–H groups in total. The van der Waals surface area contributed by atoms with Gasteiger partial charge in [-0.05, 0) is 38.3 Å². The van der Waals surface area contributed by atoms with Gasteiger partial charge in [-0.15, -0.1) is 0 Å². The van der Waals surface area contributed by atoms with E-state index in [0.29, 0.717) is 12.0 Å². The van der Waals surface area contributed by atoms with Crippen molar-refractivity contribution in [3.63, 3.8) is 0 Å². The zero-order valence-corrected chi connectivity index (χ0v) is 10.6. The van der Waals surface area contributed by atoms with Gasteiger partial charge in [0.25, 0.3) is 0 Å². The molecule has 0 amide bonds. The van der Waals surface area contributed by atoms with E-state index in [0.717, 1.165) is 45.5 Å². The van der Waals surface area contributed by atoms with Crippen LogP contribution in [-0.4, -0.2) is 55.5 Å². The minimum absolute atomic E-state index is 0.189. The van der Waals surface area contributed by atoms with Crippen LogP contribution in [0.5, 0.6) is 0 Å². The van der Waals surface area contributed by atoms with E-state index >= 15 is 0 Å². The molecule has 0 aromatic carbocycles. The van der Waals surface area contributed by atoms with Crippen molar-refractivity contribution in [2.24, 2.45) is 11.7 Å². The summed E-state index contributed by atoms with van der Waals surface area (Å²) in [7, 11) is 1.73. The minimum atomic E-state index is -0.189. The SMILES string of the molecule is COCC(CCCN)N1CCC(C)C(O)C1. The summed E-state index contributed by atoms with van der Waals surface area (Å²) in [5, 5.41) is 9.88. The van der Waals surface area contributed by atoms with Gasteiger partial charge in [-0.25, -0.2) is 0 Å². The zero-order valence-electron chi connectivity index (χ0n) is 10.6. The van der Waals surface area contributed by atoms with Crippen LogP contribution in [0.3, 0.4) is 0 Å². The minimum Gasteiger partial charge on any atom is -0.392 e. The van der Waals surface area contributed by atoms with Gasteiger partial charge in [0.2, 0.25) is 0 Å². The molecule has 1 rings (SSSR count). The molecule has 0 bridgehead atoms. The molecule has 1 aliphatic heterocycles. The summed E-state index contributed by atoms with van der Waals surface area (Å²) in [5.41, 5.74) is 5.54. The van der Waals surface area contributed by atoms with Gasteiger partial charge in [0.1, 0.15) is 0 Å². The Labute approximate surface area is 98.8 Å². The van der Waals surface area contributed by atoms with E-state index in [1.165, 1.54) is 0 Å². The number of nitrogens with zero attached hydrogens (tertiary/aromatic N) is 1. The Hall–Kier alpha value is -0.160. The fourth-order valence-electron chi connectivity index (χ4n) is 2.32. The first-order valence-corrected chi connectivity index (χ1v) is 6.30. The van der Waals surface area contributed by atoms with Gasteiger partial charge in [0, 0.05) is 19.7 Å². The van der Waals surface area contributed by atoms with Crippen molar-refractivity contribution in [2.75, 3.05) is 33.4 Å². The summed E-state index contributed by atoms with van der Waals surface area (Å²) in [5.74, 6) is 0.425. The maximum atomic E-state index is 9.88. The first kappa shape index (κ1) is 13.9. The lowest BCUT2D eigenvalue weighted by molar-refractivity contribution is -0.0101. The molecule has 4 nitrogen and oxygen atoms in total. The molecule has 1 fully saturated rings. The highest BCUT2D eigenvalue weighted by atomic mass is 16.5. The molecule has 0 aliphatic carbocycles. The largest absolute Gasteiger partial charge is 0.392 e. The monoisotopic (exact) mass is 230 g/mol. The number of likely N-dealkylation sites (tertiary alicyclic amines) is 1. The Morgan fingerprint density at radius 3 is 2.88 bits per heavy atom. The van der Waals surface area contributed by atoms with Crippen LogP contribution in [-0.2, 0) is 4.74 Å². The number of aliphatic hydroxyl groups is 1. The van der Waals surface area contributed by atoms with E-state index in [2.05, 4.69) is 11.8 Å². The number of methoxy groups -OCH3 is 1. The van der Waals surface area contributed by atoms with Crippen molar-refractivity contribution in [3.8, 4) is 0 Å². The van der Waals surface area contributed by atoms with Gasteiger partial charge in [-0.3, -0.25) is 4.90 Å². The van der Waals surface area contributed by atoms with Crippen LogP contribution >= 0.6 is 0 Å². The first-order chi connectivity index (χ1) is 7.69. The van der Waals surface area contributed by atoms with Gasteiger partial charge in [-0.2, -0.15) is 0 Å². The second-order valence-electron chi connectivity index (χ2n) is 4.87. The number of hydrogen-bond donors (Lipinski definition) is 2. The Balaban J connectivity index is 2.43. The zero-order chi connectivity index (χ0) is 12.0. The van der Waals surface area contributed by atoms with Crippen LogP contribution in [0, 0.1) is 5.92 Å². The Kier molecular flexibility index (Phi) is 6.28. The number of β-amino-alcohol motifs (C(OH)–C–C–N with tert-alkyl or cyclic N) is 1. The highest BCUT2D eigenvalue weighted by Crippen LogP contribution is 2.20. The fourth-order valence-corrected chi connectivity index (χ4v) is 2.32. The van der Waals surface area contributed by atoms with Gasteiger partial charge in [0.15, 0.2) is 0 Å². The molecule has 16 heavy (non-hydrogen) atoms. The highest BCUT2D eigenvalue weighted by molar-refractivity contribution is 4.82. The first-order valence-electron chi connectivity index (χ1n) is 6.30. The van der Waals surface area contributed by atoms with E-state index in [1.807, 2.05) is 0 Å². The predicted molar refractivity (Wildman–Crippen MR) is 65.3 cm³/mol. The summed E-state index contributed by atoms with van der Waals surface area (Å²) in [6.45, 7) is 5.43. The molecule has 0 radical (unpaired) electrons. The highest BCUT2D eigenvalue weighted by Gasteiger charge is 2.28. The normalized spacial score (nSPS) is 29.2. The topological polar surface area (TPSA) is 58.7 Å². The molecule has 1 aliphatic rings. The van der Waals surface area contributed by atoms with Crippen LogP contribution in [0.1, 0.15) is 26.2 Å². The van der Waals surface area contributed by atoms with Crippen molar-refractivity contribution in [2.45, 2.75) is 38.3 Å². The molecule has 1 saturated heterocycles. The van der Waals surface area contributed by atoms with Crippen LogP contribution in [0.2, 0.25) is 0 Å². The number of rotatable bonds is 6. The molecule has 0 saturated carbocycles. The third kappa shape index (κ3) is 4.01. The lowest BCUT2D eigenvalue weighted by atomic mass is 9.94. The summed E-state index contributed by atoms with van der Waals surface area (Å²) < 4.78 is 5.25. The van der Waals surface area contributed by atoms with E-state index in [9.17, 15) is 5.11 Å². The molecule has 3 atom stereocenters.